The Labute approximate surface area is 76.5 Å². The maximum atomic E-state index is 8.56. The first-order chi connectivity index (χ1) is 5.85. The van der Waals surface area contributed by atoms with Crippen LogP contribution in [0, 0.1) is 0 Å². The third-order valence-electron chi connectivity index (χ3n) is 2.27. The second kappa shape index (κ2) is 8.79. The number of aliphatic hydroxyl groups is 1. The minimum atomic E-state index is 0.351. The lowest BCUT2D eigenvalue weighted by Crippen LogP contribution is -1.85. The van der Waals surface area contributed by atoms with Gasteiger partial charge in [0.1, 0.15) is 0 Å². The summed E-state index contributed by atoms with van der Waals surface area (Å²) < 4.78 is 0. The first-order valence-corrected chi connectivity index (χ1v) is 5.10. The summed E-state index contributed by atoms with van der Waals surface area (Å²) in [5, 5.41) is 8.56. The van der Waals surface area contributed by atoms with E-state index < -0.39 is 0 Å². The lowest BCUT2D eigenvalue weighted by molar-refractivity contribution is 0.282. The van der Waals surface area contributed by atoms with Crippen molar-refractivity contribution in [3.63, 3.8) is 0 Å². The first-order valence-electron chi connectivity index (χ1n) is 5.10. The van der Waals surface area contributed by atoms with Crippen molar-refractivity contribution in [2.24, 2.45) is 0 Å². The summed E-state index contributed by atoms with van der Waals surface area (Å²) in [6, 6.07) is 0. The van der Waals surface area contributed by atoms with E-state index in [2.05, 4.69) is 19.9 Å². The van der Waals surface area contributed by atoms with Gasteiger partial charge in [-0.1, -0.05) is 31.4 Å². The molecule has 12 heavy (non-hydrogen) atoms. The van der Waals surface area contributed by atoms with Crippen molar-refractivity contribution in [2.45, 2.75) is 52.4 Å². The smallest absolute Gasteiger partial charge is 0.0431 e. The molecule has 1 heteroatoms. The second-order valence-electron chi connectivity index (χ2n) is 3.19. The van der Waals surface area contributed by atoms with Gasteiger partial charge < -0.3 is 5.11 Å². The normalized spacial score (nSPS) is 12.1. The van der Waals surface area contributed by atoms with Crippen molar-refractivity contribution >= 4 is 0 Å². The van der Waals surface area contributed by atoms with Gasteiger partial charge in [-0.3, -0.25) is 0 Å². The predicted molar refractivity (Wildman–Crippen MR) is 54.2 cm³/mol. The van der Waals surface area contributed by atoms with E-state index in [-0.39, 0.29) is 0 Å². The third-order valence-corrected chi connectivity index (χ3v) is 2.27. The molecule has 0 fully saturated rings. The van der Waals surface area contributed by atoms with Crippen molar-refractivity contribution in [3.05, 3.63) is 11.6 Å². The van der Waals surface area contributed by atoms with Crippen LogP contribution in [0.5, 0.6) is 0 Å². The number of hydrogen-bond acceptors (Lipinski definition) is 1. The van der Waals surface area contributed by atoms with Gasteiger partial charge in [-0.15, -0.1) is 0 Å². The molecule has 0 spiro atoms. The number of hydrogen-bond donors (Lipinski definition) is 1. The predicted octanol–water partition coefficient (Wildman–Crippen LogP) is 3.29. The first kappa shape index (κ1) is 11.7. The quantitative estimate of drug-likeness (QED) is 0.459. The Bertz CT molecular complexity index is 116. The molecule has 72 valence electrons. The molecule has 0 aromatic heterocycles. The Balaban J connectivity index is 3.18. The van der Waals surface area contributed by atoms with E-state index >= 15 is 0 Å². The van der Waals surface area contributed by atoms with Crippen LogP contribution in [0.15, 0.2) is 11.6 Å². The molecule has 0 saturated heterocycles. The third kappa shape index (κ3) is 6.41. The molecule has 0 bridgehead atoms. The Morgan fingerprint density at radius 2 is 1.83 bits per heavy atom. The van der Waals surface area contributed by atoms with Crippen LogP contribution in [0.25, 0.3) is 0 Å². The minimum Gasteiger partial charge on any atom is -0.396 e. The fourth-order valence-corrected chi connectivity index (χ4v) is 1.34. The molecular weight excluding hydrogens is 148 g/mol. The monoisotopic (exact) mass is 170 g/mol. The van der Waals surface area contributed by atoms with Gasteiger partial charge in [-0.2, -0.15) is 0 Å². The van der Waals surface area contributed by atoms with Gasteiger partial charge in [-0.25, -0.2) is 0 Å². The highest BCUT2D eigenvalue weighted by molar-refractivity contribution is 4.98. The average Bonchev–Trinajstić information content (AvgIpc) is 2.11. The van der Waals surface area contributed by atoms with E-state index in [1.807, 2.05) is 0 Å². The second-order valence-corrected chi connectivity index (χ2v) is 3.19. The van der Waals surface area contributed by atoms with E-state index in [1.165, 1.54) is 32.1 Å². The minimum absolute atomic E-state index is 0.351. The van der Waals surface area contributed by atoms with Crippen LogP contribution in [0.3, 0.4) is 0 Å². The van der Waals surface area contributed by atoms with E-state index in [9.17, 15) is 0 Å². The summed E-state index contributed by atoms with van der Waals surface area (Å²) in [6.45, 7) is 4.68. The topological polar surface area (TPSA) is 20.2 Å². The van der Waals surface area contributed by atoms with Crippen LogP contribution in [-0.2, 0) is 0 Å². The highest BCUT2D eigenvalue weighted by atomic mass is 16.2. The van der Waals surface area contributed by atoms with Gasteiger partial charge in [-0.05, 0) is 32.6 Å². The number of rotatable bonds is 7. The summed E-state index contributed by atoms with van der Waals surface area (Å²) >= 11 is 0. The Morgan fingerprint density at radius 3 is 2.33 bits per heavy atom. The molecule has 0 aliphatic rings. The molecule has 0 radical (unpaired) electrons. The Morgan fingerprint density at radius 1 is 1.17 bits per heavy atom. The molecule has 1 N–H and O–H groups in total. The zero-order chi connectivity index (χ0) is 9.23. The maximum Gasteiger partial charge on any atom is 0.0431 e. The molecule has 1 nitrogen and oxygen atoms in total. The van der Waals surface area contributed by atoms with Crippen LogP contribution in [0.1, 0.15) is 52.4 Å². The van der Waals surface area contributed by atoms with E-state index in [0.717, 1.165) is 6.42 Å². The zero-order valence-corrected chi connectivity index (χ0v) is 8.47. The van der Waals surface area contributed by atoms with E-state index in [0.29, 0.717) is 6.61 Å². The van der Waals surface area contributed by atoms with Gasteiger partial charge in [0.25, 0.3) is 0 Å². The van der Waals surface area contributed by atoms with Gasteiger partial charge in [0.2, 0.25) is 0 Å². The average molecular weight is 170 g/mol. The molecule has 0 aromatic rings. The van der Waals surface area contributed by atoms with Gasteiger partial charge in [0, 0.05) is 6.61 Å². The molecule has 0 heterocycles. The van der Waals surface area contributed by atoms with Crippen molar-refractivity contribution in [2.75, 3.05) is 6.61 Å². The van der Waals surface area contributed by atoms with Gasteiger partial charge >= 0.3 is 0 Å². The largest absolute Gasteiger partial charge is 0.396 e. The molecule has 0 aliphatic heterocycles. The molecule has 0 unspecified atom stereocenters. The summed E-state index contributed by atoms with van der Waals surface area (Å²) in [5.41, 5.74) is 1.57. The zero-order valence-electron chi connectivity index (χ0n) is 8.47. The summed E-state index contributed by atoms with van der Waals surface area (Å²) in [5.74, 6) is 0. The molecule has 0 atom stereocenters. The summed E-state index contributed by atoms with van der Waals surface area (Å²) in [6.07, 6.45) is 9.36. The van der Waals surface area contributed by atoms with Crippen molar-refractivity contribution in [3.8, 4) is 0 Å². The van der Waals surface area contributed by atoms with Crippen molar-refractivity contribution in [1.82, 2.24) is 0 Å². The Kier molecular flexibility index (Phi) is 8.57. The molecule has 0 amide bonds. The van der Waals surface area contributed by atoms with Crippen molar-refractivity contribution in [1.29, 1.82) is 0 Å². The summed E-state index contributed by atoms with van der Waals surface area (Å²) in [4.78, 5) is 0. The lowest BCUT2D eigenvalue weighted by atomic mass is 10.0. The van der Waals surface area contributed by atoms with Crippen LogP contribution in [0.2, 0.25) is 0 Å². The highest BCUT2D eigenvalue weighted by Gasteiger charge is 1.93. The molecule has 0 aromatic carbocycles. The fourth-order valence-electron chi connectivity index (χ4n) is 1.34. The van der Waals surface area contributed by atoms with Crippen LogP contribution in [-0.4, -0.2) is 11.7 Å². The molecule has 0 aliphatic carbocycles. The summed E-state index contributed by atoms with van der Waals surface area (Å²) in [7, 11) is 0. The Hall–Kier alpha value is -0.300. The molecule has 0 rings (SSSR count). The number of allylic oxidation sites excluding steroid dienone is 2. The SMILES string of the molecule is C/C=C(\CC)CCCCCCO. The maximum absolute atomic E-state index is 8.56. The number of unbranched alkanes of at least 4 members (excludes halogenated alkanes) is 3. The van der Waals surface area contributed by atoms with Gasteiger partial charge in [0.15, 0.2) is 0 Å². The van der Waals surface area contributed by atoms with Crippen LogP contribution >= 0.6 is 0 Å². The van der Waals surface area contributed by atoms with E-state index in [4.69, 9.17) is 5.11 Å². The number of aliphatic hydroxyl groups excluding tert-OH is 1. The lowest BCUT2D eigenvalue weighted by Gasteiger charge is -2.02. The van der Waals surface area contributed by atoms with Gasteiger partial charge in [0.05, 0.1) is 0 Å². The van der Waals surface area contributed by atoms with Crippen molar-refractivity contribution < 1.29 is 5.11 Å². The van der Waals surface area contributed by atoms with Crippen LogP contribution in [0.4, 0.5) is 0 Å². The fraction of sp³-hybridized carbons (Fsp3) is 0.818. The highest BCUT2D eigenvalue weighted by Crippen LogP contribution is 2.12. The molecule has 0 saturated carbocycles. The van der Waals surface area contributed by atoms with Crippen LogP contribution < -0.4 is 0 Å². The molecular formula is C11H22O. The van der Waals surface area contributed by atoms with E-state index in [1.54, 1.807) is 5.57 Å². The standard InChI is InChI=1S/C11H22O/c1-3-11(4-2)9-7-5-6-8-10-12/h3,12H,4-10H2,1-2H3/b11-3+.